The zero-order valence-electron chi connectivity index (χ0n) is 9.64. The minimum Gasteiger partial charge on any atom is -0.476 e. The van der Waals surface area contributed by atoms with Crippen LogP contribution in [0, 0.1) is 6.92 Å². The topological polar surface area (TPSA) is 68.0 Å². The summed E-state index contributed by atoms with van der Waals surface area (Å²) < 4.78 is 38.0. The fourth-order valence-corrected chi connectivity index (χ4v) is 1.54. The molecular formula is C11H8F3N3O2. The number of carboxylic acids is 1. The first kappa shape index (κ1) is 13.1. The van der Waals surface area contributed by atoms with Crippen LogP contribution >= 0.6 is 0 Å². The first-order valence-electron chi connectivity index (χ1n) is 5.14. The van der Waals surface area contributed by atoms with Crippen molar-refractivity contribution in [3.05, 3.63) is 41.2 Å². The number of alkyl halides is 3. The second-order valence-electron chi connectivity index (χ2n) is 3.78. The second-order valence-corrected chi connectivity index (χ2v) is 3.78. The smallest absolute Gasteiger partial charge is 0.437 e. The molecule has 2 rings (SSSR count). The van der Waals surface area contributed by atoms with E-state index in [1.807, 2.05) is 0 Å². The third kappa shape index (κ3) is 2.42. The fraction of sp³-hybridized carbons (Fsp3) is 0.182. The van der Waals surface area contributed by atoms with E-state index in [4.69, 9.17) is 5.11 Å². The average molecular weight is 271 g/mol. The molecule has 0 saturated carbocycles. The highest BCUT2D eigenvalue weighted by Gasteiger charge is 2.40. The Hall–Kier alpha value is -2.38. The van der Waals surface area contributed by atoms with Crippen molar-refractivity contribution in [1.29, 1.82) is 0 Å². The van der Waals surface area contributed by atoms with Crippen LogP contribution in [0.3, 0.4) is 0 Å². The third-order valence-corrected chi connectivity index (χ3v) is 2.42. The lowest BCUT2D eigenvalue weighted by Gasteiger charge is -2.03. The van der Waals surface area contributed by atoms with Gasteiger partial charge in [0.25, 0.3) is 0 Å². The normalized spacial score (nSPS) is 11.6. The molecule has 2 aromatic rings. The molecule has 8 heteroatoms. The molecule has 1 heterocycles. The van der Waals surface area contributed by atoms with Crippen LogP contribution in [0.25, 0.3) is 5.69 Å². The van der Waals surface area contributed by atoms with Crippen LogP contribution in [0.5, 0.6) is 0 Å². The Labute approximate surface area is 105 Å². The maximum absolute atomic E-state index is 12.7. The molecule has 0 atom stereocenters. The van der Waals surface area contributed by atoms with Crippen molar-refractivity contribution in [1.82, 2.24) is 15.0 Å². The van der Waals surface area contributed by atoms with Crippen molar-refractivity contribution in [3.63, 3.8) is 0 Å². The number of hydrogen-bond donors (Lipinski definition) is 1. The van der Waals surface area contributed by atoms with Gasteiger partial charge in [-0.25, -0.2) is 4.79 Å². The first-order chi connectivity index (χ1) is 8.80. The van der Waals surface area contributed by atoms with Gasteiger partial charge < -0.3 is 5.11 Å². The van der Waals surface area contributed by atoms with Crippen LogP contribution in [0.15, 0.2) is 24.3 Å². The number of aromatic carboxylic acids is 1. The van der Waals surface area contributed by atoms with Gasteiger partial charge in [-0.15, -0.1) is 15.0 Å². The van der Waals surface area contributed by atoms with Crippen LogP contribution in [0.1, 0.15) is 21.7 Å². The molecule has 0 fully saturated rings. The molecule has 0 aliphatic rings. The Balaban J connectivity index is 2.62. The molecule has 0 radical (unpaired) electrons. The van der Waals surface area contributed by atoms with E-state index in [0.29, 0.717) is 16.0 Å². The summed E-state index contributed by atoms with van der Waals surface area (Å²) in [7, 11) is 0. The molecular weight excluding hydrogens is 263 g/mol. The highest BCUT2D eigenvalue weighted by molar-refractivity contribution is 5.86. The van der Waals surface area contributed by atoms with E-state index in [9.17, 15) is 18.0 Å². The van der Waals surface area contributed by atoms with Gasteiger partial charge in [-0.2, -0.15) is 13.2 Å². The van der Waals surface area contributed by atoms with Gasteiger partial charge in [0.2, 0.25) is 11.4 Å². The number of para-hydroxylation sites is 1. The molecule has 0 saturated heterocycles. The number of halogens is 3. The van der Waals surface area contributed by atoms with Crippen LogP contribution < -0.4 is 0 Å². The largest absolute Gasteiger partial charge is 0.476 e. The molecule has 0 spiro atoms. The highest BCUT2D eigenvalue weighted by atomic mass is 19.4. The van der Waals surface area contributed by atoms with Crippen molar-refractivity contribution >= 4 is 5.97 Å². The molecule has 1 N–H and O–H groups in total. The molecule has 0 amide bonds. The van der Waals surface area contributed by atoms with E-state index in [0.717, 1.165) is 0 Å². The number of aryl methyl sites for hydroxylation is 1. The van der Waals surface area contributed by atoms with E-state index in [1.54, 1.807) is 25.1 Å². The van der Waals surface area contributed by atoms with Gasteiger partial charge in [-0.05, 0) is 18.6 Å². The number of carboxylic acid groups (broad SMARTS) is 1. The minimum atomic E-state index is -4.87. The molecule has 0 bridgehead atoms. The predicted molar refractivity (Wildman–Crippen MR) is 58.1 cm³/mol. The van der Waals surface area contributed by atoms with Crippen molar-refractivity contribution < 1.29 is 23.1 Å². The van der Waals surface area contributed by atoms with E-state index in [1.165, 1.54) is 6.07 Å². The van der Waals surface area contributed by atoms with Crippen LogP contribution in [-0.2, 0) is 6.18 Å². The quantitative estimate of drug-likeness (QED) is 0.909. The van der Waals surface area contributed by atoms with Gasteiger partial charge in [0, 0.05) is 0 Å². The Kier molecular flexibility index (Phi) is 3.01. The van der Waals surface area contributed by atoms with E-state index >= 15 is 0 Å². The van der Waals surface area contributed by atoms with Gasteiger partial charge in [0.1, 0.15) is 0 Å². The first-order valence-corrected chi connectivity index (χ1v) is 5.14. The molecule has 19 heavy (non-hydrogen) atoms. The van der Waals surface area contributed by atoms with Crippen molar-refractivity contribution in [2.45, 2.75) is 13.1 Å². The summed E-state index contributed by atoms with van der Waals surface area (Å²) in [6.07, 6.45) is -4.87. The molecule has 100 valence electrons. The molecule has 0 aliphatic carbocycles. The van der Waals surface area contributed by atoms with Gasteiger partial charge in [-0.3, -0.25) is 0 Å². The molecule has 1 aromatic heterocycles. The second kappa shape index (κ2) is 4.38. The van der Waals surface area contributed by atoms with E-state index < -0.39 is 23.5 Å². The molecule has 0 unspecified atom stereocenters. The Morgan fingerprint density at radius 3 is 2.37 bits per heavy atom. The highest BCUT2D eigenvalue weighted by Crippen LogP contribution is 2.30. The average Bonchev–Trinajstić information content (AvgIpc) is 2.74. The zero-order valence-corrected chi connectivity index (χ0v) is 9.64. The summed E-state index contributed by atoms with van der Waals surface area (Å²) in [5.41, 5.74) is -1.71. The Morgan fingerprint density at radius 2 is 1.89 bits per heavy atom. The summed E-state index contributed by atoms with van der Waals surface area (Å²) in [6.45, 7) is 1.66. The summed E-state index contributed by atoms with van der Waals surface area (Å²) >= 11 is 0. The maximum atomic E-state index is 12.7. The lowest BCUT2D eigenvalue weighted by atomic mass is 10.2. The lowest BCUT2D eigenvalue weighted by molar-refractivity contribution is -0.141. The number of aromatic nitrogens is 3. The molecule has 0 aliphatic heterocycles. The van der Waals surface area contributed by atoms with E-state index in [-0.39, 0.29) is 0 Å². The van der Waals surface area contributed by atoms with Crippen molar-refractivity contribution in [3.8, 4) is 5.69 Å². The molecule has 1 aromatic carbocycles. The lowest BCUT2D eigenvalue weighted by Crippen LogP contribution is -2.12. The minimum absolute atomic E-state index is 0.292. The van der Waals surface area contributed by atoms with Gasteiger partial charge >= 0.3 is 12.1 Å². The fourth-order valence-electron chi connectivity index (χ4n) is 1.54. The van der Waals surface area contributed by atoms with Crippen molar-refractivity contribution in [2.75, 3.05) is 0 Å². The number of hydrogen-bond acceptors (Lipinski definition) is 3. The molecule has 5 nitrogen and oxygen atoms in total. The third-order valence-electron chi connectivity index (χ3n) is 2.42. The number of nitrogens with zero attached hydrogens (tertiary/aromatic N) is 3. The van der Waals surface area contributed by atoms with Crippen LogP contribution in [0.2, 0.25) is 0 Å². The van der Waals surface area contributed by atoms with Crippen LogP contribution in [0.4, 0.5) is 13.2 Å². The zero-order chi connectivity index (χ0) is 14.2. The van der Waals surface area contributed by atoms with Crippen molar-refractivity contribution in [2.24, 2.45) is 0 Å². The van der Waals surface area contributed by atoms with Gasteiger partial charge in [0.05, 0.1) is 5.69 Å². The number of rotatable bonds is 2. The summed E-state index contributed by atoms with van der Waals surface area (Å²) in [6, 6.07) is 6.46. The predicted octanol–water partition coefficient (Wildman–Crippen LogP) is 2.29. The maximum Gasteiger partial charge on any atom is 0.437 e. The Bertz CT molecular complexity index is 634. The Morgan fingerprint density at radius 1 is 1.26 bits per heavy atom. The standard InChI is InChI=1S/C11H8F3N3O2/c1-6-4-2-3-5-7(6)17-15-8(10(18)19)9(16-17)11(12,13)14/h2-5H,1H3,(H,18,19). The monoisotopic (exact) mass is 271 g/mol. The summed E-state index contributed by atoms with van der Waals surface area (Å²) in [4.78, 5) is 11.5. The summed E-state index contributed by atoms with van der Waals surface area (Å²) in [5.74, 6) is -1.77. The van der Waals surface area contributed by atoms with Crippen LogP contribution in [-0.4, -0.2) is 26.1 Å². The van der Waals surface area contributed by atoms with Gasteiger partial charge in [0.15, 0.2) is 0 Å². The number of carbonyl (C=O) groups is 1. The number of benzene rings is 1. The van der Waals surface area contributed by atoms with Gasteiger partial charge in [-0.1, -0.05) is 18.2 Å². The SMILES string of the molecule is Cc1ccccc1-n1nc(C(=O)O)c(C(F)(F)F)n1. The van der Waals surface area contributed by atoms with E-state index in [2.05, 4.69) is 10.2 Å². The summed E-state index contributed by atoms with van der Waals surface area (Å²) in [5, 5.41) is 15.4.